The number of hydrogen-bond donors (Lipinski definition) is 1. The van der Waals surface area contributed by atoms with E-state index in [4.69, 9.17) is 22.8 Å². The fourth-order valence-corrected chi connectivity index (χ4v) is 5.40. The summed E-state index contributed by atoms with van der Waals surface area (Å²) in [7, 11) is -2.43. The minimum Gasteiger partial charge on any atom is -0.442 e. The van der Waals surface area contributed by atoms with Gasteiger partial charge in [-0.3, -0.25) is 0 Å². The Morgan fingerprint density at radius 2 is 2.15 bits per heavy atom. The first-order chi connectivity index (χ1) is 11.8. The Morgan fingerprint density at radius 3 is 2.65 bits per heavy atom. The molecule has 0 saturated carbocycles. The molecule has 1 N–H and O–H groups in total. The lowest BCUT2D eigenvalue weighted by Crippen LogP contribution is -2.61. The van der Waals surface area contributed by atoms with Gasteiger partial charge in [0, 0.05) is 7.05 Å². The molecule has 0 unspecified atom stereocenters. The molecule has 0 bridgehead atoms. The van der Waals surface area contributed by atoms with E-state index in [9.17, 15) is 13.2 Å². The van der Waals surface area contributed by atoms with Gasteiger partial charge in [-0.25, -0.2) is 17.5 Å². The zero-order valence-electron chi connectivity index (χ0n) is 15.1. The second-order valence-electron chi connectivity index (χ2n) is 7.03. The number of thiophene rings is 1. The van der Waals surface area contributed by atoms with Gasteiger partial charge in [0.1, 0.15) is 5.60 Å². The smallest absolute Gasteiger partial charge is 0.437 e. The van der Waals surface area contributed by atoms with Gasteiger partial charge in [-0.1, -0.05) is 17.5 Å². The molecule has 1 aromatic rings. The maximum absolute atomic E-state index is 12.6. The van der Waals surface area contributed by atoms with Gasteiger partial charge >= 0.3 is 6.09 Å². The number of nitrogens with zero attached hydrogens (tertiary/aromatic N) is 2. The number of guanidine groups is 1. The zero-order chi connectivity index (χ0) is 19.9. The van der Waals surface area contributed by atoms with E-state index in [2.05, 4.69) is 16.2 Å². The average Bonchev–Trinajstić information content (AvgIpc) is 2.84. The van der Waals surface area contributed by atoms with Crippen LogP contribution in [0, 0.1) is 12.3 Å². The molecule has 1 saturated heterocycles. The van der Waals surface area contributed by atoms with Crippen LogP contribution in [0.2, 0.25) is 5.02 Å². The van der Waals surface area contributed by atoms with E-state index in [1.165, 1.54) is 18.4 Å². The van der Waals surface area contributed by atoms with Crippen molar-refractivity contribution in [2.75, 3.05) is 12.8 Å². The number of rotatable bonds is 1. The van der Waals surface area contributed by atoms with Crippen LogP contribution < -0.4 is 5.32 Å². The molecule has 0 aliphatic carbocycles. The van der Waals surface area contributed by atoms with Crippen LogP contribution in [0.3, 0.4) is 0 Å². The third-order valence-corrected chi connectivity index (χ3v) is 7.19. The molecule has 1 amide bonds. The van der Waals surface area contributed by atoms with E-state index in [1.807, 2.05) is 0 Å². The molecule has 1 fully saturated rings. The van der Waals surface area contributed by atoms with Crippen molar-refractivity contribution >= 4 is 45.0 Å². The molecule has 1 aliphatic rings. The topological polar surface area (TPSA) is 88.1 Å². The number of halogens is 1. The molecule has 0 spiro atoms. The summed E-state index contributed by atoms with van der Waals surface area (Å²) >= 11 is 7.46. The van der Waals surface area contributed by atoms with Gasteiger partial charge in [0.15, 0.2) is 0 Å². The Morgan fingerprint density at radius 1 is 1.54 bits per heavy atom. The van der Waals surface area contributed by atoms with Crippen molar-refractivity contribution < 1.29 is 17.9 Å². The molecule has 1 aliphatic heterocycles. The normalized spacial score (nSPS) is 24.0. The number of sulfonamides is 1. The summed E-state index contributed by atoms with van der Waals surface area (Å²) in [6, 6.07) is 1.60. The van der Waals surface area contributed by atoms with Crippen LogP contribution in [0.5, 0.6) is 0 Å². The number of nitrogens with one attached hydrogen (secondary N) is 1. The lowest BCUT2D eigenvalue weighted by Gasteiger charge is -2.39. The monoisotopic (exact) mass is 417 g/mol. The summed E-state index contributed by atoms with van der Waals surface area (Å²) in [5.41, 5.74) is -1.85. The van der Waals surface area contributed by atoms with Gasteiger partial charge in [0.25, 0.3) is 0 Å². The largest absolute Gasteiger partial charge is 0.442 e. The van der Waals surface area contributed by atoms with Crippen LogP contribution in [-0.2, 0) is 20.3 Å². The van der Waals surface area contributed by atoms with Crippen LogP contribution in [0.25, 0.3) is 0 Å². The maximum atomic E-state index is 12.6. The van der Waals surface area contributed by atoms with E-state index >= 15 is 0 Å². The van der Waals surface area contributed by atoms with Gasteiger partial charge in [0.05, 0.1) is 26.1 Å². The van der Waals surface area contributed by atoms with Crippen LogP contribution in [0.15, 0.2) is 11.1 Å². The number of hydrogen-bond acceptors (Lipinski definition) is 5. The summed E-state index contributed by atoms with van der Waals surface area (Å²) in [6.45, 7) is 6.74. The third-order valence-electron chi connectivity index (χ3n) is 3.50. The number of ether oxygens (including phenoxy) is 1. The highest BCUT2D eigenvalue weighted by Crippen LogP contribution is 2.38. The third kappa shape index (κ3) is 4.31. The van der Waals surface area contributed by atoms with E-state index < -0.39 is 27.3 Å². The summed E-state index contributed by atoms with van der Waals surface area (Å²) in [4.78, 5) is 17.0. The highest BCUT2D eigenvalue weighted by molar-refractivity contribution is 7.89. The van der Waals surface area contributed by atoms with Crippen LogP contribution in [-0.4, -0.2) is 43.2 Å². The molecular formula is C16H20ClN3O4S2. The summed E-state index contributed by atoms with van der Waals surface area (Å²) in [6.07, 6.45) is 4.51. The Labute approximate surface area is 162 Å². The Hall–Kier alpha value is -1.76. The van der Waals surface area contributed by atoms with E-state index in [-0.39, 0.29) is 11.7 Å². The molecule has 142 valence electrons. The summed E-state index contributed by atoms with van der Waals surface area (Å²) < 4.78 is 31.3. The van der Waals surface area contributed by atoms with Crippen molar-refractivity contribution in [2.24, 2.45) is 4.99 Å². The molecule has 2 heterocycles. The fraction of sp³-hybridized carbons (Fsp3) is 0.500. The Kier molecular flexibility index (Phi) is 5.34. The SMILES string of the molecule is C#Cc1cc(Cl)c([C@]2(C)CS(=O)(=O)N(C)/C(=N/C(=O)OC(C)(C)C)N2)s1. The van der Waals surface area contributed by atoms with Crippen molar-refractivity contribution in [1.29, 1.82) is 0 Å². The second-order valence-corrected chi connectivity index (χ2v) is 10.5. The van der Waals surface area contributed by atoms with Crippen LogP contribution in [0.4, 0.5) is 4.79 Å². The number of aliphatic imine (C=N–C) groups is 1. The van der Waals surface area contributed by atoms with Gasteiger partial charge in [-0.05, 0) is 33.8 Å². The lowest BCUT2D eigenvalue weighted by atomic mass is 10.0. The summed E-state index contributed by atoms with van der Waals surface area (Å²) in [5, 5.41) is 3.36. The van der Waals surface area contributed by atoms with Crippen LogP contribution >= 0.6 is 22.9 Å². The molecule has 2 rings (SSSR count). The quantitative estimate of drug-likeness (QED) is 0.710. The first kappa shape index (κ1) is 20.6. The van der Waals surface area contributed by atoms with Crippen LogP contribution in [0.1, 0.15) is 37.4 Å². The van der Waals surface area contributed by atoms with Crippen molar-refractivity contribution in [3.05, 3.63) is 20.8 Å². The second kappa shape index (κ2) is 6.76. The van der Waals surface area contributed by atoms with Gasteiger partial charge in [-0.15, -0.1) is 22.8 Å². The molecule has 1 atom stereocenters. The molecule has 26 heavy (non-hydrogen) atoms. The van der Waals surface area contributed by atoms with Gasteiger partial charge in [-0.2, -0.15) is 0 Å². The predicted octanol–water partition coefficient (Wildman–Crippen LogP) is 2.75. The Bertz CT molecular complexity index is 909. The Balaban J connectivity index is 2.47. The first-order valence-corrected chi connectivity index (χ1v) is 10.4. The molecule has 1 aromatic heterocycles. The first-order valence-electron chi connectivity index (χ1n) is 7.60. The molecule has 10 heteroatoms. The maximum Gasteiger partial charge on any atom is 0.437 e. The fourth-order valence-electron chi connectivity index (χ4n) is 2.36. The van der Waals surface area contributed by atoms with Crippen molar-refractivity contribution in [3.63, 3.8) is 0 Å². The summed E-state index contributed by atoms with van der Waals surface area (Å²) in [5.74, 6) is 2.08. The highest BCUT2D eigenvalue weighted by Gasteiger charge is 2.44. The average molecular weight is 418 g/mol. The highest BCUT2D eigenvalue weighted by atomic mass is 35.5. The number of carbonyl (C=O) groups excluding carboxylic acids is 1. The van der Waals surface area contributed by atoms with Crippen molar-refractivity contribution in [2.45, 2.75) is 38.8 Å². The predicted molar refractivity (Wildman–Crippen MR) is 103 cm³/mol. The number of terminal acetylenes is 1. The van der Waals surface area contributed by atoms with E-state index in [0.717, 1.165) is 4.31 Å². The van der Waals surface area contributed by atoms with E-state index in [0.29, 0.717) is 14.8 Å². The zero-order valence-corrected chi connectivity index (χ0v) is 17.5. The number of amides is 1. The van der Waals surface area contributed by atoms with Gasteiger partial charge < -0.3 is 10.1 Å². The minimum absolute atomic E-state index is 0.139. The molecule has 0 aromatic carbocycles. The van der Waals surface area contributed by atoms with E-state index in [1.54, 1.807) is 33.8 Å². The molecule has 0 radical (unpaired) electrons. The minimum atomic E-state index is -3.74. The molecular weight excluding hydrogens is 398 g/mol. The molecule has 7 nitrogen and oxygen atoms in total. The van der Waals surface area contributed by atoms with Gasteiger partial charge in [0.2, 0.25) is 16.0 Å². The lowest BCUT2D eigenvalue weighted by molar-refractivity contribution is 0.0602. The van der Waals surface area contributed by atoms with Crippen molar-refractivity contribution in [1.82, 2.24) is 9.62 Å². The van der Waals surface area contributed by atoms with Crippen molar-refractivity contribution in [3.8, 4) is 12.3 Å². The number of carbonyl (C=O) groups is 1. The standard InChI is InChI=1S/C16H20ClN3O4S2/c1-7-10-8-11(17)12(25-10)16(5)9-26(22,23)20(6)13(19-16)18-14(21)24-15(2,3)4/h1,8H,9H2,2-6H3,(H,18,19,21)/t16-/m0/s1.